The van der Waals surface area contributed by atoms with E-state index in [4.69, 9.17) is 11.6 Å². The summed E-state index contributed by atoms with van der Waals surface area (Å²) in [7, 11) is 1.86. The highest BCUT2D eigenvalue weighted by molar-refractivity contribution is 6.31. The Morgan fingerprint density at radius 1 is 1.00 bits per heavy atom. The van der Waals surface area contributed by atoms with Gasteiger partial charge in [-0.1, -0.05) is 23.7 Å². The fourth-order valence-electron chi connectivity index (χ4n) is 4.02. The molecule has 0 saturated carbocycles. The summed E-state index contributed by atoms with van der Waals surface area (Å²) in [6.07, 6.45) is 1.95. The van der Waals surface area contributed by atoms with E-state index in [1.807, 2.05) is 49.0 Å². The molecule has 2 aromatic heterocycles. The maximum atomic E-state index is 12.8. The summed E-state index contributed by atoms with van der Waals surface area (Å²) in [5.74, 6) is 0.268. The summed E-state index contributed by atoms with van der Waals surface area (Å²) in [6.45, 7) is 2.05. The largest absolute Gasteiger partial charge is 0.301 e. The van der Waals surface area contributed by atoms with Gasteiger partial charge in [0.25, 0.3) is 11.8 Å². The van der Waals surface area contributed by atoms with Crippen LogP contribution in [0.5, 0.6) is 0 Å². The molecule has 6 nitrogen and oxygen atoms in total. The Balaban J connectivity index is 1.61. The van der Waals surface area contributed by atoms with Crippen LogP contribution >= 0.6 is 11.6 Å². The van der Waals surface area contributed by atoms with Crippen LogP contribution in [0.4, 0.5) is 0 Å². The summed E-state index contributed by atoms with van der Waals surface area (Å²) in [5.41, 5.74) is 3.47. The fraction of sp³-hybridized carbons (Fsp3) is 0.136. The minimum Gasteiger partial charge on any atom is -0.301 e. The van der Waals surface area contributed by atoms with Gasteiger partial charge in [0, 0.05) is 29.2 Å². The number of amides is 2. The summed E-state index contributed by atoms with van der Waals surface area (Å²) >= 11 is 6.12. The molecule has 4 aromatic rings. The van der Waals surface area contributed by atoms with Gasteiger partial charge in [-0.25, -0.2) is 0 Å². The minimum atomic E-state index is -0.274. The highest BCUT2D eigenvalue weighted by Crippen LogP contribution is 2.30. The number of nitrogens with zero attached hydrogens (tertiary/aromatic N) is 4. The molecule has 1 aliphatic heterocycles. The van der Waals surface area contributed by atoms with Gasteiger partial charge in [0.2, 0.25) is 0 Å². The van der Waals surface area contributed by atoms with Gasteiger partial charge < -0.3 is 4.57 Å². The van der Waals surface area contributed by atoms with Crippen LogP contribution in [0.25, 0.3) is 16.7 Å². The molecule has 0 unspecified atom stereocenters. The highest BCUT2D eigenvalue weighted by Gasteiger charge is 2.36. The quantitative estimate of drug-likeness (QED) is 0.482. The first-order chi connectivity index (χ1) is 14.0. The Labute approximate surface area is 171 Å². The van der Waals surface area contributed by atoms with Crippen molar-refractivity contribution in [2.75, 3.05) is 0 Å². The van der Waals surface area contributed by atoms with Crippen LogP contribution in [-0.4, -0.2) is 31.1 Å². The number of aryl methyl sites for hydroxylation is 2. The molecule has 2 amide bonds. The zero-order valence-electron chi connectivity index (χ0n) is 15.9. The Morgan fingerprint density at radius 2 is 1.69 bits per heavy atom. The number of fused-ring (bicyclic) bond motifs is 2. The average molecular weight is 405 g/mol. The number of rotatable bonds is 3. The van der Waals surface area contributed by atoms with Gasteiger partial charge in [0.05, 0.1) is 28.9 Å². The smallest absolute Gasteiger partial charge is 0.261 e. The van der Waals surface area contributed by atoms with Crippen molar-refractivity contribution in [3.63, 3.8) is 0 Å². The summed E-state index contributed by atoms with van der Waals surface area (Å²) in [6, 6.07) is 14.6. The molecule has 29 heavy (non-hydrogen) atoms. The average Bonchev–Trinajstić information content (AvgIpc) is 3.31. The van der Waals surface area contributed by atoms with Crippen molar-refractivity contribution in [1.29, 1.82) is 0 Å². The van der Waals surface area contributed by atoms with Gasteiger partial charge in [0.1, 0.15) is 5.82 Å². The third-order valence-electron chi connectivity index (χ3n) is 5.39. The van der Waals surface area contributed by atoms with E-state index in [0.29, 0.717) is 16.1 Å². The maximum absolute atomic E-state index is 12.8. The van der Waals surface area contributed by atoms with E-state index in [1.165, 1.54) is 4.90 Å². The Bertz CT molecular complexity index is 1280. The molecule has 2 aromatic carbocycles. The van der Waals surface area contributed by atoms with Crippen LogP contribution in [0.3, 0.4) is 0 Å². The first-order valence-corrected chi connectivity index (χ1v) is 9.58. The number of benzene rings is 2. The lowest BCUT2D eigenvalue weighted by molar-refractivity contribution is 0.0642. The molecule has 5 rings (SSSR count). The van der Waals surface area contributed by atoms with Crippen LogP contribution < -0.4 is 0 Å². The van der Waals surface area contributed by atoms with Crippen LogP contribution in [0.1, 0.15) is 32.0 Å². The monoisotopic (exact) mass is 404 g/mol. The molecule has 0 atom stereocenters. The van der Waals surface area contributed by atoms with Crippen LogP contribution in [-0.2, 0) is 13.6 Å². The first-order valence-electron chi connectivity index (χ1n) is 9.20. The SMILES string of the molecule is Cc1nn(C)c(-n2ccc3cc(Cl)ccc32)c1CN1C(=O)c2ccccc2C1=O. The van der Waals surface area contributed by atoms with Crippen molar-refractivity contribution in [2.24, 2.45) is 7.05 Å². The second kappa shape index (κ2) is 6.32. The standard InChI is InChI=1S/C22H17ClN4O2/c1-13-18(12-27-21(28)16-5-3-4-6-17(16)22(27)29)20(25(2)24-13)26-10-9-14-11-15(23)7-8-19(14)26/h3-11H,12H2,1-2H3. The third kappa shape index (κ3) is 2.60. The van der Waals surface area contributed by atoms with E-state index in [-0.39, 0.29) is 18.4 Å². The molecule has 1 aliphatic rings. The molecule has 0 saturated heterocycles. The predicted molar refractivity (Wildman–Crippen MR) is 110 cm³/mol. The predicted octanol–water partition coefficient (Wildman–Crippen LogP) is 4.12. The van der Waals surface area contributed by atoms with E-state index >= 15 is 0 Å². The zero-order chi connectivity index (χ0) is 20.3. The third-order valence-corrected chi connectivity index (χ3v) is 5.62. The maximum Gasteiger partial charge on any atom is 0.261 e. The summed E-state index contributed by atoms with van der Waals surface area (Å²) in [4.78, 5) is 27.0. The van der Waals surface area contributed by atoms with Crippen LogP contribution in [0.15, 0.2) is 54.7 Å². The number of aromatic nitrogens is 3. The lowest BCUT2D eigenvalue weighted by atomic mass is 10.1. The summed E-state index contributed by atoms with van der Waals surface area (Å²) in [5, 5.41) is 6.23. The topological polar surface area (TPSA) is 60.1 Å². The number of hydrogen-bond donors (Lipinski definition) is 0. The molecular formula is C22H17ClN4O2. The van der Waals surface area contributed by atoms with E-state index < -0.39 is 0 Å². The molecule has 0 aliphatic carbocycles. The number of carbonyl (C=O) groups excluding carboxylic acids is 2. The fourth-order valence-corrected chi connectivity index (χ4v) is 4.20. The molecule has 0 spiro atoms. The Kier molecular flexibility index (Phi) is 3.86. The van der Waals surface area contributed by atoms with Crippen molar-refractivity contribution >= 4 is 34.3 Å². The molecule has 7 heteroatoms. The molecular weight excluding hydrogens is 388 g/mol. The second-order valence-electron chi connectivity index (χ2n) is 7.14. The van der Waals surface area contributed by atoms with Crippen molar-refractivity contribution in [3.05, 3.63) is 82.1 Å². The van der Waals surface area contributed by atoms with E-state index in [1.54, 1.807) is 28.9 Å². The van der Waals surface area contributed by atoms with Gasteiger partial charge in [-0.3, -0.25) is 19.2 Å². The van der Waals surface area contributed by atoms with E-state index in [2.05, 4.69) is 5.10 Å². The molecule has 0 radical (unpaired) electrons. The first kappa shape index (κ1) is 17.7. The molecule has 3 heterocycles. The van der Waals surface area contributed by atoms with Crippen LogP contribution in [0, 0.1) is 6.92 Å². The second-order valence-corrected chi connectivity index (χ2v) is 7.58. The summed E-state index contributed by atoms with van der Waals surface area (Å²) < 4.78 is 3.79. The van der Waals surface area contributed by atoms with Gasteiger partial charge >= 0.3 is 0 Å². The number of imide groups is 1. The van der Waals surface area contributed by atoms with Gasteiger partial charge in [-0.05, 0) is 43.3 Å². The van der Waals surface area contributed by atoms with E-state index in [9.17, 15) is 9.59 Å². The Hall–Kier alpha value is -3.38. The zero-order valence-corrected chi connectivity index (χ0v) is 16.6. The van der Waals surface area contributed by atoms with Crippen molar-refractivity contribution < 1.29 is 9.59 Å². The van der Waals surface area contributed by atoms with Crippen LogP contribution in [0.2, 0.25) is 5.02 Å². The highest BCUT2D eigenvalue weighted by atomic mass is 35.5. The molecule has 0 N–H and O–H groups in total. The molecule has 0 fully saturated rings. The van der Waals surface area contributed by atoms with Gasteiger partial charge in [-0.2, -0.15) is 5.10 Å². The van der Waals surface area contributed by atoms with Crippen molar-refractivity contribution in [3.8, 4) is 5.82 Å². The molecule has 144 valence electrons. The van der Waals surface area contributed by atoms with Gasteiger partial charge in [0.15, 0.2) is 0 Å². The Morgan fingerprint density at radius 3 is 2.38 bits per heavy atom. The van der Waals surface area contributed by atoms with Gasteiger partial charge in [-0.15, -0.1) is 0 Å². The number of carbonyl (C=O) groups is 2. The lowest BCUT2D eigenvalue weighted by Gasteiger charge is -2.16. The number of hydrogen-bond acceptors (Lipinski definition) is 3. The van der Waals surface area contributed by atoms with Crippen molar-refractivity contribution in [1.82, 2.24) is 19.2 Å². The minimum absolute atomic E-state index is 0.161. The number of halogens is 1. The van der Waals surface area contributed by atoms with E-state index in [0.717, 1.165) is 28.0 Å². The normalized spacial score (nSPS) is 13.6. The lowest BCUT2D eigenvalue weighted by Crippen LogP contribution is -2.29. The molecule has 0 bridgehead atoms. The van der Waals surface area contributed by atoms with Crippen molar-refractivity contribution in [2.45, 2.75) is 13.5 Å².